The van der Waals surface area contributed by atoms with E-state index < -0.39 is 0 Å². The highest BCUT2D eigenvalue weighted by Gasteiger charge is 2.28. The van der Waals surface area contributed by atoms with Gasteiger partial charge < -0.3 is 10.2 Å². The molecule has 7 heteroatoms. The lowest BCUT2D eigenvalue weighted by atomic mass is 10.1. The number of amides is 2. The summed E-state index contributed by atoms with van der Waals surface area (Å²) in [6, 6.07) is 8.13. The summed E-state index contributed by atoms with van der Waals surface area (Å²) in [5.74, 6) is 0.0471. The third kappa shape index (κ3) is 3.29. The minimum atomic E-state index is -0.106. The molecule has 2 aromatic rings. The number of carbonyl (C=O) groups excluding carboxylic acids is 2. The van der Waals surface area contributed by atoms with Gasteiger partial charge in [0.25, 0.3) is 0 Å². The highest BCUT2D eigenvalue weighted by Crippen LogP contribution is 2.30. The minimum absolute atomic E-state index is 0.106. The SMILES string of the molecule is CC(=O)Nc1nc2c(s1)CN(CC(=O)N1CCc3ccccc31)CC2. The van der Waals surface area contributed by atoms with Crippen molar-refractivity contribution in [1.29, 1.82) is 0 Å². The van der Waals surface area contributed by atoms with Crippen LogP contribution in [0.15, 0.2) is 24.3 Å². The van der Waals surface area contributed by atoms with Crippen molar-refractivity contribution in [2.45, 2.75) is 26.3 Å². The van der Waals surface area contributed by atoms with E-state index in [0.717, 1.165) is 42.2 Å². The Morgan fingerprint density at radius 3 is 2.92 bits per heavy atom. The molecule has 0 atom stereocenters. The molecule has 0 bridgehead atoms. The fourth-order valence-corrected chi connectivity index (χ4v) is 4.56. The number of aromatic nitrogens is 1. The second-order valence-electron chi connectivity index (χ2n) is 6.45. The van der Waals surface area contributed by atoms with Crippen molar-refractivity contribution >= 4 is 34.0 Å². The standard InChI is InChI=1S/C18H20N4O2S/c1-12(23)19-18-20-14-7-8-21(10-16(14)25-18)11-17(24)22-9-6-13-4-2-3-5-15(13)22/h2-5H,6-11H2,1H3,(H,19,20,23). The van der Waals surface area contributed by atoms with E-state index in [1.807, 2.05) is 23.1 Å². The second kappa shape index (κ2) is 6.57. The van der Waals surface area contributed by atoms with Gasteiger partial charge in [-0.1, -0.05) is 18.2 Å². The van der Waals surface area contributed by atoms with Gasteiger partial charge in [0, 0.05) is 43.5 Å². The molecule has 0 spiro atoms. The number of hydrogen-bond acceptors (Lipinski definition) is 5. The van der Waals surface area contributed by atoms with E-state index in [4.69, 9.17) is 0 Å². The van der Waals surface area contributed by atoms with E-state index in [1.54, 1.807) is 0 Å². The van der Waals surface area contributed by atoms with E-state index in [1.165, 1.54) is 23.8 Å². The van der Waals surface area contributed by atoms with Gasteiger partial charge in [0.2, 0.25) is 11.8 Å². The highest BCUT2D eigenvalue weighted by molar-refractivity contribution is 7.15. The molecule has 0 saturated heterocycles. The smallest absolute Gasteiger partial charge is 0.241 e. The number of rotatable bonds is 3. The summed E-state index contributed by atoms with van der Waals surface area (Å²) >= 11 is 1.51. The summed E-state index contributed by atoms with van der Waals surface area (Å²) < 4.78 is 0. The van der Waals surface area contributed by atoms with Crippen molar-refractivity contribution in [3.8, 4) is 0 Å². The predicted molar refractivity (Wildman–Crippen MR) is 97.9 cm³/mol. The van der Waals surface area contributed by atoms with E-state index in [9.17, 15) is 9.59 Å². The van der Waals surface area contributed by atoms with Gasteiger partial charge in [0.05, 0.1) is 12.2 Å². The summed E-state index contributed by atoms with van der Waals surface area (Å²) in [6.45, 7) is 4.20. The maximum Gasteiger partial charge on any atom is 0.241 e. The van der Waals surface area contributed by atoms with Crippen molar-refractivity contribution < 1.29 is 9.59 Å². The van der Waals surface area contributed by atoms with Crippen LogP contribution in [0.2, 0.25) is 0 Å². The maximum absolute atomic E-state index is 12.8. The molecule has 1 aromatic heterocycles. The number of benzene rings is 1. The molecule has 25 heavy (non-hydrogen) atoms. The van der Waals surface area contributed by atoms with E-state index in [0.29, 0.717) is 18.2 Å². The van der Waals surface area contributed by atoms with E-state index in [-0.39, 0.29) is 11.8 Å². The van der Waals surface area contributed by atoms with Crippen LogP contribution in [0.3, 0.4) is 0 Å². The number of nitrogens with zero attached hydrogens (tertiary/aromatic N) is 3. The number of para-hydroxylation sites is 1. The summed E-state index contributed by atoms with van der Waals surface area (Å²) in [5, 5.41) is 3.40. The van der Waals surface area contributed by atoms with Gasteiger partial charge in [-0.25, -0.2) is 4.98 Å². The summed E-state index contributed by atoms with van der Waals surface area (Å²) in [4.78, 5) is 33.6. The Labute approximate surface area is 150 Å². The summed E-state index contributed by atoms with van der Waals surface area (Å²) in [5.41, 5.74) is 3.35. The first-order valence-corrected chi connectivity index (χ1v) is 9.28. The average Bonchev–Trinajstić information content (AvgIpc) is 3.17. The fraction of sp³-hybridized carbons (Fsp3) is 0.389. The molecule has 0 saturated carbocycles. The van der Waals surface area contributed by atoms with Gasteiger partial charge in [-0.05, 0) is 18.1 Å². The number of thiazole rings is 1. The van der Waals surface area contributed by atoms with Crippen LogP contribution >= 0.6 is 11.3 Å². The molecule has 130 valence electrons. The van der Waals surface area contributed by atoms with Crippen molar-refractivity contribution in [1.82, 2.24) is 9.88 Å². The molecule has 6 nitrogen and oxygen atoms in total. The first-order valence-electron chi connectivity index (χ1n) is 8.47. The minimum Gasteiger partial charge on any atom is -0.311 e. The molecule has 0 unspecified atom stereocenters. The first kappa shape index (κ1) is 16.2. The topological polar surface area (TPSA) is 65.5 Å². The van der Waals surface area contributed by atoms with Crippen LogP contribution in [0.25, 0.3) is 0 Å². The largest absolute Gasteiger partial charge is 0.311 e. The van der Waals surface area contributed by atoms with Gasteiger partial charge >= 0.3 is 0 Å². The summed E-state index contributed by atoms with van der Waals surface area (Å²) in [6.07, 6.45) is 1.75. The molecule has 3 heterocycles. The highest BCUT2D eigenvalue weighted by atomic mass is 32.1. The van der Waals surface area contributed by atoms with E-state index >= 15 is 0 Å². The number of anilines is 2. The zero-order valence-corrected chi connectivity index (χ0v) is 14.9. The molecule has 2 amide bonds. The third-order valence-corrected chi connectivity index (χ3v) is 5.64. The number of fused-ring (bicyclic) bond motifs is 2. The lowest BCUT2D eigenvalue weighted by Crippen LogP contribution is -2.41. The van der Waals surface area contributed by atoms with Gasteiger partial charge in [0.15, 0.2) is 5.13 Å². The van der Waals surface area contributed by atoms with Gasteiger partial charge in [0.1, 0.15) is 0 Å². The van der Waals surface area contributed by atoms with Crippen LogP contribution in [0.5, 0.6) is 0 Å². The Morgan fingerprint density at radius 2 is 2.08 bits per heavy atom. The van der Waals surface area contributed by atoms with Crippen molar-refractivity contribution in [2.24, 2.45) is 0 Å². The zero-order chi connectivity index (χ0) is 17.4. The Bertz CT molecular complexity index is 832. The molecule has 0 aliphatic carbocycles. The molecule has 2 aliphatic heterocycles. The maximum atomic E-state index is 12.8. The van der Waals surface area contributed by atoms with Crippen LogP contribution in [0.4, 0.5) is 10.8 Å². The Balaban J connectivity index is 1.42. The monoisotopic (exact) mass is 356 g/mol. The lowest BCUT2D eigenvalue weighted by Gasteiger charge is -2.27. The molecule has 2 aliphatic rings. The number of carbonyl (C=O) groups is 2. The normalized spacial score (nSPS) is 16.4. The van der Waals surface area contributed by atoms with Crippen LogP contribution in [0.1, 0.15) is 23.1 Å². The molecule has 0 fully saturated rings. The molecule has 0 radical (unpaired) electrons. The van der Waals surface area contributed by atoms with Crippen molar-refractivity contribution in [3.05, 3.63) is 40.4 Å². The predicted octanol–water partition coefficient (Wildman–Crippen LogP) is 2.05. The van der Waals surface area contributed by atoms with Gasteiger partial charge in [-0.15, -0.1) is 11.3 Å². The van der Waals surface area contributed by atoms with Crippen LogP contribution in [-0.2, 0) is 29.0 Å². The average molecular weight is 356 g/mol. The third-order valence-electron chi connectivity index (χ3n) is 4.64. The van der Waals surface area contributed by atoms with Gasteiger partial charge in [-0.2, -0.15) is 0 Å². The second-order valence-corrected chi connectivity index (χ2v) is 7.54. The number of hydrogen-bond donors (Lipinski definition) is 1. The molecule has 4 rings (SSSR count). The van der Waals surface area contributed by atoms with E-state index in [2.05, 4.69) is 21.3 Å². The summed E-state index contributed by atoms with van der Waals surface area (Å²) in [7, 11) is 0. The Kier molecular flexibility index (Phi) is 4.27. The van der Waals surface area contributed by atoms with Crippen LogP contribution in [0, 0.1) is 0 Å². The zero-order valence-electron chi connectivity index (χ0n) is 14.1. The molecule has 1 N–H and O–H groups in total. The van der Waals surface area contributed by atoms with Crippen LogP contribution in [-0.4, -0.2) is 41.3 Å². The Hall–Kier alpha value is -2.25. The fourth-order valence-electron chi connectivity index (χ4n) is 3.46. The Morgan fingerprint density at radius 1 is 1.24 bits per heavy atom. The van der Waals surface area contributed by atoms with Crippen LogP contribution < -0.4 is 10.2 Å². The molecular formula is C18H20N4O2S. The lowest BCUT2D eigenvalue weighted by molar-refractivity contribution is -0.120. The van der Waals surface area contributed by atoms with Crippen molar-refractivity contribution in [3.63, 3.8) is 0 Å². The van der Waals surface area contributed by atoms with Crippen molar-refractivity contribution in [2.75, 3.05) is 29.9 Å². The first-order chi connectivity index (χ1) is 12.1. The molecule has 1 aromatic carbocycles. The number of nitrogens with one attached hydrogen (secondary N) is 1. The quantitative estimate of drug-likeness (QED) is 0.914. The van der Waals surface area contributed by atoms with Gasteiger partial charge in [-0.3, -0.25) is 14.5 Å². The molecular weight excluding hydrogens is 336 g/mol.